The van der Waals surface area contributed by atoms with E-state index in [9.17, 15) is 28.2 Å². The third kappa shape index (κ3) is 4.39. The van der Waals surface area contributed by atoms with Crippen LogP contribution in [-0.4, -0.2) is 27.2 Å². The highest BCUT2D eigenvalue weighted by molar-refractivity contribution is 8.13. The Kier molecular flexibility index (Phi) is 5.43. The summed E-state index contributed by atoms with van der Waals surface area (Å²) in [6, 6.07) is 2.51. The van der Waals surface area contributed by atoms with Crippen LogP contribution in [0.15, 0.2) is 18.2 Å². The second-order valence-corrected chi connectivity index (χ2v) is 5.35. The van der Waals surface area contributed by atoms with Crippen molar-refractivity contribution in [3.8, 4) is 0 Å². The second kappa shape index (κ2) is 6.47. The summed E-state index contributed by atoms with van der Waals surface area (Å²) in [6.45, 7) is 1.28. The van der Waals surface area contributed by atoms with Gasteiger partial charge >= 0.3 is 6.18 Å². The molecule has 0 aliphatic carbocycles. The van der Waals surface area contributed by atoms with Gasteiger partial charge in [0.05, 0.1) is 11.7 Å². The fraction of sp³-hybridized carbons (Fsp3) is 0.417. The van der Waals surface area contributed by atoms with Crippen LogP contribution in [0.5, 0.6) is 0 Å². The molecular weight excluding hydrogens is 295 g/mol. The fourth-order valence-electron chi connectivity index (χ4n) is 1.51. The Morgan fingerprint density at radius 2 is 2.00 bits per heavy atom. The normalized spacial score (nSPS) is 14.9. The maximum atomic E-state index is 12.6. The third-order valence-electron chi connectivity index (χ3n) is 2.55. The van der Waals surface area contributed by atoms with Crippen LogP contribution in [0.1, 0.15) is 24.2 Å². The van der Waals surface area contributed by atoms with Crippen LogP contribution < -0.4 is 5.73 Å². The Hall–Kier alpha value is -1.25. The summed E-state index contributed by atoms with van der Waals surface area (Å²) >= 11 is 0.766. The summed E-state index contributed by atoms with van der Waals surface area (Å²) in [7, 11) is 0. The van der Waals surface area contributed by atoms with E-state index in [0.717, 1.165) is 23.9 Å². The van der Waals surface area contributed by atoms with Gasteiger partial charge < -0.3 is 15.9 Å². The van der Waals surface area contributed by atoms with E-state index in [4.69, 9.17) is 5.73 Å². The van der Waals surface area contributed by atoms with Gasteiger partial charge in [0.25, 0.3) is 0 Å². The molecule has 0 aliphatic rings. The van der Waals surface area contributed by atoms with E-state index in [2.05, 4.69) is 0 Å². The maximum absolute atomic E-state index is 12.6. The predicted octanol–water partition coefficient (Wildman–Crippen LogP) is 1.96. The van der Waals surface area contributed by atoms with Gasteiger partial charge in [0.15, 0.2) is 5.12 Å². The first-order valence-corrected chi connectivity index (χ1v) is 6.57. The van der Waals surface area contributed by atoms with E-state index >= 15 is 0 Å². The number of anilines is 1. The quantitative estimate of drug-likeness (QED) is 0.741. The van der Waals surface area contributed by atoms with Gasteiger partial charge in [-0.25, -0.2) is 0 Å². The number of thioether (sulfide) groups is 1. The lowest BCUT2D eigenvalue weighted by atomic mass is 10.0. The van der Waals surface area contributed by atoms with Crippen molar-refractivity contribution in [3.63, 3.8) is 0 Å². The summed E-state index contributed by atoms with van der Waals surface area (Å²) in [6.07, 6.45) is -7.56. The summed E-state index contributed by atoms with van der Waals surface area (Å²) in [5, 5.41) is 19.3. The molecule has 0 bridgehead atoms. The molecule has 0 amide bonds. The van der Waals surface area contributed by atoms with Gasteiger partial charge in [-0.1, -0.05) is 11.8 Å². The number of carbonyl (C=O) groups excluding carboxylic acids is 1. The number of aliphatic hydroxyl groups is 2. The molecule has 8 heteroatoms. The van der Waals surface area contributed by atoms with Crippen molar-refractivity contribution in [1.82, 2.24) is 0 Å². The van der Waals surface area contributed by atoms with Crippen molar-refractivity contribution >= 4 is 22.6 Å². The molecule has 20 heavy (non-hydrogen) atoms. The Labute approximate surface area is 117 Å². The molecule has 4 nitrogen and oxygen atoms in total. The van der Waals surface area contributed by atoms with Gasteiger partial charge in [-0.05, 0) is 18.2 Å². The van der Waals surface area contributed by atoms with E-state index in [1.807, 2.05) is 0 Å². The molecule has 0 radical (unpaired) electrons. The van der Waals surface area contributed by atoms with Crippen LogP contribution in [-0.2, 0) is 11.0 Å². The number of alkyl halides is 3. The third-order valence-corrected chi connectivity index (χ3v) is 3.47. The minimum atomic E-state index is -4.57. The van der Waals surface area contributed by atoms with E-state index < -0.39 is 23.9 Å². The average molecular weight is 309 g/mol. The summed E-state index contributed by atoms with van der Waals surface area (Å²) in [4.78, 5) is 10.8. The lowest BCUT2D eigenvalue weighted by molar-refractivity contribution is -0.137. The zero-order valence-corrected chi connectivity index (χ0v) is 11.3. The standard InChI is InChI=1S/C12H14F3NO3S/c1-6(17)20-5-10(18)11(19)8-4-7(12(13,14)15)2-3-9(8)16/h2-4,10-11,18-19H,5,16H2,1H3. The minimum absolute atomic E-state index is 0.0580. The maximum Gasteiger partial charge on any atom is 0.416 e. The Morgan fingerprint density at radius 1 is 1.40 bits per heavy atom. The van der Waals surface area contributed by atoms with Gasteiger partial charge in [-0.15, -0.1) is 0 Å². The second-order valence-electron chi connectivity index (χ2n) is 4.16. The van der Waals surface area contributed by atoms with Crippen molar-refractivity contribution in [2.45, 2.75) is 25.3 Å². The average Bonchev–Trinajstić information content (AvgIpc) is 2.34. The smallest absolute Gasteiger partial charge is 0.398 e. The lowest BCUT2D eigenvalue weighted by Crippen LogP contribution is -2.23. The minimum Gasteiger partial charge on any atom is -0.398 e. The lowest BCUT2D eigenvalue weighted by Gasteiger charge is -2.20. The van der Waals surface area contributed by atoms with E-state index in [1.54, 1.807) is 0 Å². The summed E-state index contributed by atoms with van der Waals surface area (Å²) < 4.78 is 37.8. The molecule has 4 N–H and O–H groups in total. The summed E-state index contributed by atoms with van der Waals surface area (Å²) in [5.41, 5.74) is 4.28. The molecule has 0 spiro atoms. The molecule has 1 aromatic carbocycles. The molecular formula is C12H14F3NO3S. The molecule has 2 unspecified atom stereocenters. The van der Waals surface area contributed by atoms with Gasteiger partial charge in [-0.3, -0.25) is 4.79 Å². The number of rotatable bonds is 4. The Morgan fingerprint density at radius 3 is 2.50 bits per heavy atom. The molecule has 0 fully saturated rings. The first-order chi connectivity index (χ1) is 9.12. The number of nitrogens with two attached hydrogens (primary N) is 1. The topological polar surface area (TPSA) is 83.5 Å². The highest BCUT2D eigenvalue weighted by Crippen LogP contribution is 2.34. The molecule has 1 rings (SSSR count). The number of hydrogen-bond donors (Lipinski definition) is 3. The SMILES string of the molecule is CC(=O)SCC(O)C(O)c1cc(C(F)(F)F)ccc1N. The Bertz CT molecular complexity index is 493. The highest BCUT2D eigenvalue weighted by Gasteiger charge is 2.32. The monoisotopic (exact) mass is 309 g/mol. The number of benzene rings is 1. The van der Waals surface area contributed by atoms with Crippen molar-refractivity contribution in [1.29, 1.82) is 0 Å². The molecule has 1 aromatic rings. The number of halogens is 3. The van der Waals surface area contributed by atoms with Gasteiger partial charge in [0, 0.05) is 23.9 Å². The van der Waals surface area contributed by atoms with Crippen molar-refractivity contribution < 1.29 is 28.2 Å². The molecule has 0 saturated carbocycles. The molecule has 0 aliphatic heterocycles. The highest BCUT2D eigenvalue weighted by atomic mass is 32.2. The molecule has 112 valence electrons. The molecule has 0 heterocycles. The van der Waals surface area contributed by atoms with E-state index in [0.29, 0.717) is 6.07 Å². The molecule has 0 aromatic heterocycles. The van der Waals surface area contributed by atoms with E-state index in [1.165, 1.54) is 6.92 Å². The van der Waals surface area contributed by atoms with Crippen LogP contribution >= 0.6 is 11.8 Å². The van der Waals surface area contributed by atoms with Crippen molar-refractivity contribution in [2.75, 3.05) is 11.5 Å². The van der Waals surface area contributed by atoms with Gasteiger partial charge in [0.2, 0.25) is 0 Å². The van der Waals surface area contributed by atoms with Crippen LogP contribution in [0, 0.1) is 0 Å². The summed E-state index contributed by atoms with van der Waals surface area (Å²) in [5.74, 6) is -0.133. The fourth-order valence-corrected chi connectivity index (χ4v) is 2.10. The number of nitrogen functional groups attached to an aromatic ring is 1. The van der Waals surface area contributed by atoms with Crippen LogP contribution in [0.3, 0.4) is 0 Å². The van der Waals surface area contributed by atoms with Crippen molar-refractivity contribution in [2.24, 2.45) is 0 Å². The van der Waals surface area contributed by atoms with Crippen LogP contribution in [0.25, 0.3) is 0 Å². The molecule has 0 saturated heterocycles. The first-order valence-electron chi connectivity index (χ1n) is 5.59. The van der Waals surface area contributed by atoms with Crippen molar-refractivity contribution in [3.05, 3.63) is 29.3 Å². The number of hydrogen-bond acceptors (Lipinski definition) is 5. The zero-order valence-electron chi connectivity index (χ0n) is 10.5. The van der Waals surface area contributed by atoms with Gasteiger partial charge in [0.1, 0.15) is 6.10 Å². The Balaban J connectivity index is 2.97. The molecule has 2 atom stereocenters. The van der Waals surface area contributed by atoms with Crippen LogP contribution in [0.2, 0.25) is 0 Å². The number of carbonyl (C=O) groups is 1. The van der Waals surface area contributed by atoms with E-state index in [-0.39, 0.29) is 22.1 Å². The largest absolute Gasteiger partial charge is 0.416 e. The first kappa shape index (κ1) is 16.8. The predicted molar refractivity (Wildman–Crippen MR) is 70.0 cm³/mol. The zero-order chi connectivity index (χ0) is 15.5. The number of aliphatic hydroxyl groups excluding tert-OH is 2. The van der Waals surface area contributed by atoms with Gasteiger partial charge in [-0.2, -0.15) is 13.2 Å². The van der Waals surface area contributed by atoms with Crippen LogP contribution in [0.4, 0.5) is 18.9 Å².